The van der Waals surface area contributed by atoms with Gasteiger partial charge >= 0.3 is 5.97 Å². The van der Waals surface area contributed by atoms with Crippen molar-refractivity contribution < 1.29 is 19.4 Å². The van der Waals surface area contributed by atoms with Gasteiger partial charge in [0.1, 0.15) is 6.61 Å². The summed E-state index contributed by atoms with van der Waals surface area (Å²) < 4.78 is 10.3. The summed E-state index contributed by atoms with van der Waals surface area (Å²) in [4.78, 5) is 11.1. The summed E-state index contributed by atoms with van der Waals surface area (Å²) in [5, 5.41) is 8.53. The minimum Gasteiger partial charge on any atom is -0.463 e. The zero-order chi connectivity index (χ0) is 12.4. The molecule has 0 aromatic carbocycles. The molecule has 0 aliphatic carbocycles. The summed E-state index contributed by atoms with van der Waals surface area (Å²) in [5.41, 5.74) is 0.144. The van der Waals surface area contributed by atoms with E-state index in [4.69, 9.17) is 14.6 Å². The SMILES string of the molecule is CC(C)(C)COCCOC(=O)CCCCO. The molecule has 1 N–H and O–H groups in total. The second-order valence-electron chi connectivity index (χ2n) is 5.01. The molecule has 0 radical (unpaired) electrons. The van der Waals surface area contributed by atoms with Gasteiger partial charge in [-0.1, -0.05) is 20.8 Å². The van der Waals surface area contributed by atoms with Gasteiger partial charge in [-0.15, -0.1) is 0 Å². The van der Waals surface area contributed by atoms with Crippen molar-refractivity contribution in [2.75, 3.05) is 26.4 Å². The van der Waals surface area contributed by atoms with E-state index >= 15 is 0 Å². The predicted octanol–water partition coefficient (Wildman–Crippen LogP) is 1.75. The summed E-state index contributed by atoms with van der Waals surface area (Å²) in [6.07, 6.45) is 1.70. The van der Waals surface area contributed by atoms with Gasteiger partial charge in [0.2, 0.25) is 0 Å². The maximum absolute atomic E-state index is 11.1. The molecule has 4 heteroatoms. The fourth-order valence-electron chi connectivity index (χ4n) is 1.05. The monoisotopic (exact) mass is 232 g/mol. The number of aliphatic hydroxyl groups is 1. The number of hydrogen-bond acceptors (Lipinski definition) is 4. The molecule has 0 rings (SSSR count). The van der Waals surface area contributed by atoms with Gasteiger partial charge in [0.05, 0.1) is 13.2 Å². The zero-order valence-corrected chi connectivity index (χ0v) is 10.6. The van der Waals surface area contributed by atoms with Gasteiger partial charge in [0.25, 0.3) is 0 Å². The normalized spacial score (nSPS) is 11.5. The third kappa shape index (κ3) is 11.5. The Balaban J connectivity index is 3.28. The molecule has 96 valence electrons. The number of carbonyl (C=O) groups excluding carboxylic acids is 1. The number of carbonyl (C=O) groups is 1. The van der Waals surface area contributed by atoms with Crippen LogP contribution in [0.5, 0.6) is 0 Å². The highest BCUT2D eigenvalue weighted by Crippen LogP contribution is 2.12. The van der Waals surface area contributed by atoms with E-state index in [1.165, 1.54) is 0 Å². The number of ether oxygens (including phenoxy) is 2. The Morgan fingerprint density at radius 3 is 2.44 bits per heavy atom. The van der Waals surface area contributed by atoms with E-state index in [0.29, 0.717) is 39.1 Å². The van der Waals surface area contributed by atoms with Crippen LogP contribution in [0.3, 0.4) is 0 Å². The fraction of sp³-hybridized carbons (Fsp3) is 0.917. The highest BCUT2D eigenvalue weighted by molar-refractivity contribution is 5.69. The molecule has 16 heavy (non-hydrogen) atoms. The molecule has 0 aliphatic heterocycles. The van der Waals surface area contributed by atoms with Crippen LogP contribution < -0.4 is 0 Å². The molecule has 0 saturated carbocycles. The molecule has 0 fully saturated rings. The van der Waals surface area contributed by atoms with Crippen LogP contribution in [0.4, 0.5) is 0 Å². The lowest BCUT2D eigenvalue weighted by atomic mass is 9.99. The van der Waals surface area contributed by atoms with E-state index in [2.05, 4.69) is 20.8 Å². The van der Waals surface area contributed by atoms with Gasteiger partial charge < -0.3 is 14.6 Å². The highest BCUT2D eigenvalue weighted by Gasteiger charge is 2.09. The number of hydrogen-bond donors (Lipinski definition) is 1. The Morgan fingerprint density at radius 1 is 1.19 bits per heavy atom. The molecule has 0 aromatic heterocycles. The molecule has 0 bridgehead atoms. The predicted molar refractivity (Wildman–Crippen MR) is 62.2 cm³/mol. The van der Waals surface area contributed by atoms with Gasteiger partial charge in [0.15, 0.2) is 0 Å². The summed E-state index contributed by atoms with van der Waals surface area (Å²) >= 11 is 0. The van der Waals surface area contributed by atoms with Gasteiger partial charge in [-0.25, -0.2) is 0 Å². The van der Waals surface area contributed by atoms with Crippen molar-refractivity contribution in [3.8, 4) is 0 Å². The van der Waals surface area contributed by atoms with Gasteiger partial charge in [-0.05, 0) is 18.3 Å². The van der Waals surface area contributed by atoms with Crippen molar-refractivity contribution in [3.63, 3.8) is 0 Å². The van der Waals surface area contributed by atoms with Crippen LogP contribution >= 0.6 is 0 Å². The molecule has 0 spiro atoms. The van der Waals surface area contributed by atoms with E-state index < -0.39 is 0 Å². The standard InChI is InChI=1S/C12H24O4/c1-12(2,3)10-15-8-9-16-11(14)6-4-5-7-13/h13H,4-10H2,1-3H3. The molecule has 0 aliphatic rings. The van der Waals surface area contributed by atoms with Crippen LogP contribution in [0.1, 0.15) is 40.0 Å². The average Bonchev–Trinajstić information content (AvgIpc) is 2.16. The topological polar surface area (TPSA) is 55.8 Å². The first-order chi connectivity index (χ1) is 7.45. The first kappa shape index (κ1) is 15.4. The maximum Gasteiger partial charge on any atom is 0.305 e. The van der Waals surface area contributed by atoms with Gasteiger partial charge in [-0.2, -0.15) is 0 Å². The van der Waals surface area contributed by atoms with E-state index in [-0.39, 0.29) is 18.0 Å². The lowest BCUT2D eigenvalue weighted by Crippen LogP contribution is -2.18. The zero-order valence-electron chi connectivity index (χ0n) is 10.6. The smallest absolute Gasteiger partial charge is 0.305 e. The van der Waals surface area contributed by atoms with Crippen LogP contribution in [-0.2, 0) is 14.3 Å². The van der Waals surface area contributed by atoms with Gasteiger partial charge in [-0.3, -0.25) is 4.79 Å². The van der Waals surface area contributed by atoms with Crippen molar-refractivity contribution >= 4 is 5.97 Å². The maximum atomic E-state index is 11.1. The minimum absolute atomic E-state index is 0.127. The Labute approximate surface area is 97.9 Å². The second-order valence-corrected chi connectivity index (χ2v) is 5.01. The van der Waals surface area contributed by atoms with Crippen molar-refractivity contribution in [3.05, 3.63) is 0 Å². The average molecular weight is 232 g/mol. The number of esters is 1. The van der Waals surface area contributed by atoms with Crippen molar-refractivity contribution in [2.45, 2.75) is 40.0 Å². The molecule has 4 nitrogen and oxygen atoms in total. The third-order valence-electron chi connectivity index (χ3n) is 1.81. The van der Waals surface area contributed by atoms with E-state index in [0.717, 1.165) is 0 Å². The van der Waals surface area contributed by atoms with Gasteiger partial charge in [0, 0.05) is 13.0 Å². The Morgan fingerprint density at radius 2 is 1.88 bits per heavy atom. The highest BCUT2D eigenvalue weighted by atomic mass is 16.6. The molecular weight excluding hydrogens is 208 g/mol. The molecule has 0 aromatic rings. The number of aliphatic hydroxyl groups excluding tert-OH is 1. The Hall–Kier alpha value is -0.610. The molecule has 0 saturated heterocycles. The number of rotatable bonds is 8. The fourth-order valence-corrected chi connectivity index (χ4v) is 1.05. The molecule has 0 unspecified atom stereocenters. The first-order valence-electron chi connectivity index (χ1n) is 5.80. The largest absolute Gasteiger partial charge is 0.463 e. The summed E-state index contributed by atoms with van der Waals surface area (Å²) in [6.45, 7) is 7.82. The molecular formula is C12H24O4. The summed E-state index contributed by atoms with van der Waals surface area (Å²) in [5.74, 6) is -0.215. The third-order valence-corrected chi connectivity index (χ3v) is 1.81. The number of unbranched alkanes of at least 4 members (excludes halogenated alkanes) is 1. The lowest BCUT2D eigenvalue weighted by Gasteiger charge is -2.17. The van der Waals surface area contributed by atoms with E-state index in [1.54, 1.807) is 0 Å². The van der Waals surface area contributed by atoms with E-state index in [9.17, 15) is 4.79 Å². The van der Waals surface area contributed by atoms with Crippen molar-refractivity contribution in [1.29, 1.82) is 0 Å². The minimum atomic E-state index is -0.215. The summed E-state index contributed by atoms with van der Waals surface area (Å²) in [7, 11) is 0. The van der Waals surface area contributed by atoms with Crippen LogP contribution in [0.2, 0.25) is 0 Å². The van der Waals surface area contributed by atoms with Crippen molar-refractivity contribution in [2.24, 2.45) is 5.41 Å². The van der Waals surface area contributed by atoms with Crippen LogP contribution in [-0.4, -0.2) is 37.5 Å². The molecule has 0 amide bonds. The van der Waals surface area contributed by atoms with E-state index in [1.807, 2.05) is 0 Å². The van der Waals surface area contributed by atoms with Crippen LogP contribution in [0.25, 0.3) is 0 Å². The van der Waals surface area contributed by atoms with Crippen LogP contribution in [0.15, 0.2) is 0 Å². The lowest BCUT2D eigenvalue weighted by molar-refractivity contribution is -0.145. The molecule has 0 atom stereocenters. The first-order valence-corrected chi connectivity index (χ1v) is 5.80. The quantitative estimate of drug-likeness (QED) is 0.512. The van der Waals surface area contributed by atoms with Crippen molar-refractivity contribution in [1.82, 2.24) is 0 Å². The summed E-state index contributed by atoms with van der Waals surface area (Å²) in [6, 6.07) is 0. The molecule has 0 heterocycles. The van der Waals surface area contributed by atoms with Crippen LogP contribution in [0, 0.1) is 5.41 Å². The Bertz CT molecular complexity index is 184. The second kappa shape index (κ2) is 8.53. The Kier molecular flexibility index (Phi) is 8.21.